The zero-order valence-electron chi connectivity index (χ0n) is 11.4. The van der Waals surface area contributed by atoms with Crippen LogP contribution in [0.2, 0.25) is 0 Å². The van der Waals surface area contributed by atoms with E-state index in [1.165, 1.54) is 11.1 Å². The highest BCUT2D eigenvalue weighted by atomic mass is 16.5. The van der Waals surface area contributed by atoms with E-state index in [0.29, 0.717) is 13.2 Å². The maximum Gasteiger partial charge on any atom is 0.0574 e. The lowest BCUT2D eigenvalue weighted by atomic mass is 9.76. The van der Waals surface area contributed by atoms with E-state index in [0.717, 1.165) is 6.42 Å². The largest absolute Gasteiger partial charge is 0.384 e. The van der Waals surface area contributed by atoms with Crippen molar-refractivity contribution in [3.63, 3.8) is 0 Å². The van der Waals surface area contributed by atoms with Gasteiger partial charge in [0.15, 0.2) is 0 Å². The van der Waals surface area contributed by atoms with Gasteiger partial charge in [0.05, 0.1) is 6.61 Å². The molecule has 0 aromatic heterocycles. The third-order valence-electron chi connectivity index (χ3n) is 3.58. The minimum atomic E-state index is -0.155. The molecule has 0 heterocycles. The lowest BCUT2D eigenvalue weighted by Gasteiger charge is -2.32. The van der Waals surface area contributed by atoms with Crippen molar-refractivity contribution < 1.29 is 4.74 Å². The SMILES string of the molecule is COCC(CN)(Cc1ccccc1)c1ccccc1. The van der Waals surface area contributed by atoms with E-state index in [1.807, 2.05) is 12.1 Å². The fraction of sp³-hybridized carbons (Fsp3) is 0.294. The first-order chi connectivity index (χ1) is 9.30. The molecule has 19 heavy (non-hydrogen) atoms. The number of hydrogen-bond acceptors (Lipinski definition) is 2. The summed E-state index contributed by atoms with van der Waals surface area (Å²) in [7, 11) is 1.73. The molecule has 0 bridgehead atoms. The molecule has 100 valence electrons. The van der Waals surface area contributed by atoms with E-state index < -0.39 is 0 Å². The van der Waals surface area contributed by atoms with Gasteiger partial charge in [0, 0.05) is 19.1 Å². The van der Waals surface area contributed by atoms with Crippen LogP contribution in [0.3, 0.4) is 0 Å². The normalized spacial score (nSPS) is 14.0. The minimum Gasteiger partial charge on any atom is -0.384 e. The third kappa shape index (κ3) is 3.22. The molecular formula is C17H21NO. The fourth-order valence-corrected chi connectivity index (χ4v) is 2.54. The van der Waals surface area contributed by atoms with Crippen molar-refractivity contribution in [2.24, 2.45) is 5.73 Å². The Hall–Kier alpha value is -1.64. The molecule has 1 atom stereocenters. The van der Waals surface area contributed by atoms with Gasteiger partial charge < -0.3 is 10.5 Å². The number of benzene rings is 2. The molecule has 0 aliphatic carbocycles. The molecule has 0 aliphatic rings. The first-order valence-corrected chi connectivity index (χ1v) is 6.59. The third-order valence-corrected chi connectivity index (χ3v) is 3.58. The zero-order chi connectivity index (χ0) is 13.6. The second-order valence-corrected chi connectivity index (χ2v) is 4.95. The Kier molecular flexibility index (Phi) is 4.72. The lowest BCUT2D eigenvalue weighted by Crippen LogP contribution is -2.41. The second kappa shape index (κ2) is 6.50. The summed E-state index contributed by atoms with van der Waals surface area (Å²) in [5, 5.41) is 0. The molecule has 0 saturated heterocycles. The number of ether oxygens (including phenoxy) is 1. The zero-order valence-corrected chi connectivity index (χ0v) is 11.4. The van der Waals surface area contributed by atoms with Crippen molar-refractivity contribution in [3.05, 3.63) is 71.8 Å². The number of methoxy groups -OCH3 is 1. The molecule has 0 radical (unpaired) electrons. The molecule has 0 spiro atoms. The summed E-state index contributed by atoms with van der Waals surface area (Å²) in [6.07, 6.45) is 0.891. The summed E-state index contributed by atoms with van der Waals surface area (Å²) in [4.78, 5) is 0. The Morgan fingerprint density at radius 1 is 0.947 bits per heavy atom. The molecular weight excluding hydrogens is 234 g/mol. The molecule has 2 rings (SSSR count). The summed E-state index contributed by atoms with van der Waals surface area (Å²) in [5.41, 5.74) is 8.46. The van der Waals surface area contributed by atoms with Crippen molar-refractivity contribution in [3.8, 4) is 0 Å². The van der Waals surface area contributed by atoms with Crippen molar-refractivity contribution in [2.75, 3.05) is 20.3 Å². The first kappa shape index (κ1) is 13.8. The highest BCUT2D eigenvalue weighted by Crippen LogP contribution is 2.28. The molecule has 1 unspecified atom stereocenters. The summed E-state index contributed by atoms with van der Waals surface area (Å²) in [6.45, 7) is 1.20. The predicted molar refractivity (Wildman–Crippen MR) is 79.2 cm³/mol. The molecule has 2 nitrogen and oxygen atoms in total. The van der Waals surface area contributed by atoms with Gasteiger partial charge in [-0.3, -0.25) is 0 Å². The fourth-order valence-electron chi connectivity index (χ4n) is 2.54. The van der Waals surface area contributed by atoms with Crippen molar-refractivity contribution in [1.82, 2.24) is 0 Å². The van der Waals surface area contributed by atoms with Crippen LogP contribution in [-0.4, -0.2) is 20.3 Å². The van der Waals surface area contributed by atoms with Crippen molar-refractivity contribution in [2.45, 2.75) is 11.8 Å². The van der Waals surface area contributed by atoms with Crippen LogP contribution < -0.4 is 5.73 Å². The summed E-state index contributed by atoms with van der Waals surface area (Å²) in [5.74, 6) is 0. The molecule has 0 amide bonds. The lowest BCUT2D eigenvalue weighted by molar-refractivity contribution is 0.132. The van der Waals surface area contributed by atoms with Gasteiger partial charge in [-0.2, -0.15) is 0 Å². The maximum absolute atomic E-state index is 6.09. The van der Waals surface area contributed by atoms with Crippen LogP contribution >= 0.6 is 0 Å². The maximum atomic E-state index is 6.09. The van der Waals surface area contributed by atoms with Gasteiger partial charge >= 0.3 is 0 Å². The molecule has 2 N–H and O–H groups in total. The van der Waals surface area contributed by atoms with Crippen LogP contribution in [0.15, 0.2) is 60.7 Å². The summed E-state index contributed by atoms with van der Waals surface area (Å²) >= 11 is 0. The molecule has 2 heteroatoms. The van der Waals surface area contributed by atoms with Crippen LogP contribution in [0.1, 0.15) is 11.1 Å². The van der Waals surface area contributed by atoms with E-state index in [-0.39, 0.29) is 5.41 Å². The Bertz CT molecular complexity index is 483. The smallest absolute Gasteiger partial charge is 0.0574 e. The van der Waals surface area contributed by atoms with Gasteiger partial charge in [-0.15, -0.1) is 0 Å². The predicted octanol–water partition coefficient (Wildman–Crippen LogP) is 2.77. The van der Waals surface area contributed by atoms with Gasteiger partial charge in [0.1, 0.15) is 0 Å². The minimum absolute atomic E-state index is 0.155. The highest BCUT2D eigenvalue weighted by Gasteiger charge is 2.31. The molecule has 2 aromatic rings. The molecule has 2 aromatic carbocycles. The molecule has 0 aliphatic heterocycles. The van der Waals surface area contributed by atoms with E-state index in [2.05, 4.69) is 48.5 Å². The Balaban J connectivity index is 2.34. The Morgan fingerprint density at radius 2 is 1.53 bits per heavy atom. The van der Waals surface area contributed by atoms with E-state index in [9.17, 15) is 0 Å². The average molecular weight is 255 g/mol. The topological polar surface area (TPSA) is 35.2 Å². The van der Waals surface area contributed by atoms with Gasteiger partial charge in [0.25, 0.3) is 0 Å². The van der Waals surface area contributed by atoms with Crippen LogP contribution in [0.5, 0.6) is 0 Å². The Labute approximate surface area is 115 Å². The number of nitrogens with two attached hydrogens (primary N) is 1. The molecule has 0 saturated carbocycles. The van der Waals surface area contributed by atoms with Gasteiger partial charge in [-0.1, -0.05) is 60.7 Å². The van der Waals surface area contributed by atoms with Crippen LogP contribution in [0.4, 0.5) is 0 Å². The van der Waals surface area contributed by atoms with E-state index in [1.54, 1.807) is 7.11 Å². The van der Waals surface area contributed by atoms with Crippen LogP contribution in [-0.2, 0) is 16.6 Å². The standard InChI is InChI=1S/C17H21NO/c1-19-14-17(13-18,16-10-6-3-7-11-16)12-15-8-4-2-5-9-15/h2-11H,12-14,18H2,1H3. The van der Waals surface area contributed by atoms with Gasteiger partial charge in [0.2, 0.25) is 0 Å². The van der Waals surface area contributed by atoms with Crippen molar-refractivity contribution >= 4 is 0 Å². The Morgan fingerprint density at radius 3 is 2.05 bits per heavy atom. The first-order valence-electron chi connectivity index (χ1n) is 6.59. The summed E-state index contributed by atoms with van der Waals surface area (Å²) < 4.78 is 5.44. The molecule has 0 fully saturated rings. The monoisotopic (exact) mass is 255 g/mol. The number of hydrogen-bond donors (Lipinski definition) is 1. The van der Waals surface area contributed by atoms with Gasteiger partial charge in [-0.05, 0) is 17.5 Å². The average Bonchev–Trinajstić information content (AvgIpc) is 2.49. The van der Waals surface area contributed by atoms with E-state index >= 15 is 0 Å². The number of rotatable bonds is 6. The van der Waals surface area contributed by atoms with Gasteiger partial charge in [-0.25, -0.2) is 0 Å². The quantitative estimate of drug-likeness (QED) is 0.861. The summed E-state index contributed by atoms with van der Waals surface area (Å²) in [6, 6.07) is 20.9. The van der Waals surface area contributed by atoms with Crippen LogP contribution in [0, 0.1) is 0 Å². The van der Waals surface area contributed by atoms with E-state index in [4.69, 9.17) is 10.5 Å². The highest BCUT2D eigenvalue weighted by molar-refractivity contribution is 5.30. The van der Waals surface area contributed by atoms with Crippen LogP contribution in [0.25, 0.3) is 0 Å². The second-order valence-electron chi connectivity index (χ2n) is 4.95. The van der Waals surface area contributed by atoms with Crippen molar-refractivity contribution in [1.29, 1.82) is 0 Å².